The van der Waals surface area contributed by atoms with E-state index in [-0.39, 0.29) is 0 Å². The van der Waals surface area contributed by atoms with Gasteiger partial charge in [0.05, 0.1) is 12.3 Å². The zero-order chi connectivity index (χ0) is 23.3. The highest BCUT2D eigenvalue weighted by molar-refractivity contribution is 5.76. The van der Waals surface area contributed by atoms with E-state index < -0.39 is 11.6 Å². The predicted molar refractivity (Wildman–Crippen MR) is 125 cm³/mol. The summed E-state index contributed by atoms with van der Waals surface area (Å²) in [5.74, 6) is 0.676. The number of carboxylic acids is 1. The average molecular weight is 443 g/mol. The molecule has 1 heterocycles. The quantitative estimate of drug-likeness (QED) is 0.348. The molecule has 0 saturated carbocycles. The van der Waals surface area contributed by atoms with E-state index in [2.05, 4.69) is 29.2 Å². The van der Waals surface area contributed by atoms with Crippen LogP contribution >= 0.6 is 0 Å². The van der Waals surface area contributed by atoms with Crippen LogP contribution in [0.3, 0.4) is 0 Å². The zero-order valence-corrected chi connectivity index (χ0v) is 18.5. The molecule has 4 aromatic rings. The highest BCUT2D eigenvalue weighted by atomic mass is 16.5. The molecule has 33 heavy (non-hydrogen) atoms. The Bertz CT molecular complexity index is 1210. The second-order valence-electron chi connectivity index (χ2n) is 8.08. The Hall–Kier alpha value is -4.06. The summed E-state index contributed by atoms with van der Waals surface area (Å²) in [6.07, 6.45) is 2.24. The third-order valence-corrected chi connectivity index (χ3v) is 5.11. The molecule has 0 amide bonds. The van der Waals surface area contributed by atoms with Crippen molar-refractivity contribution in [2.45, 2.75) is 25.9 Å². The first-order valence-electron chi connectivity index (χ1n) is 10.7. The molecule has 6 nitrogen and oxygen atoms in total. The maximum absolute atomic E-state index is 11.2. The van der Waals surface area contributed by atoms with Gasteiger partial charge in [0.2, 0.25) is 5.89 Å². The van der Waals surface area contributed by atoms with Gasteiger partial charge in [-0.3, -0.25) is 0 Å². The summed E-state index contributed by atoms with van der Waals surface area (Å²) in [6.45, 7) is 3.44. The van der Waals surface area contributed by atoms with E-state index in [1.807, 2.05) is 30.3 Å². The molecule has 0 aliphatic carbocycles. The molecule has 0 aliphatic rings. The molecule has 0 spiro atoms. The molecular formula is C27H25NO5. The van der Waals surface area contributed by atoms with Gasteiger partial charge in [-0.15, -0.1) is 0 Å². The molecule has 0 bridgehead atoms. The lowest BCUT2D eigenvalue weighted by molar-refractivity contribution is -0.152. The summed E-state index contributed by atoms with van der Waals surface area (Å²) in [6, 6.07) is 25.2. The lowest BCUT2D eigenvalue weighted by atomic mass is 10.0. The summed E-state index contributed by atoms with van der Waals surface area (Å²) >= 11 is 0. The van der Waals surface area contributed by atoms with Crippen molar-refractivity contribution in [3.8, 4) is 34.1 Å². The van der Waals surface area contributed by atoms with Gasteiger partial charge < -0.3 is 19.0 Å². The van der Waals surface area contributed by atoms with Gasteiger partial charge in [0.25, 0.3) is 0 Å². The summed E-state index contributed by atoms with van der Waals surface area (Å²) in [5.41, 5.74) is 2.67. The first kappa shape index (κ1) is 22.1. The maximum atomic E-state index is 11.2. The molecule has 6 heteroatoms. The van der Waals surface area contributed by atoms with Gasteiger partial charge in [-0.25, -0.2) is 9.78 Å². The Morgan fingerprint density at radius 1 is 0.909 bits per heavy atom. The number of oxazole rings is 1. The predicted octanol–water partition coefficient (Wildman–Crippen LogP) is 5.87. The smallest absolute Gasteiger partial charge is 0.347 e. The van der Waals surface area contributed by atoms with Crippen LogP contribution in [0.2, 0.25) is 0 Å². The van der Waals surface area contributed by atoms with Crippen LogP contribution in [-0.2, 0) is 11.2 Å². The maximum Gasteiger partial charge on any atom is 0.347 e. The van der Waals surface area contributed by atoms with E-state index in [4.69, 9.17) is 19.0 Å². The van der Waals surface area contributed by atoms with Crippen LogP contribution in [0.4, 0.5) is 0 Å². The molecule has 3 aromatic carbocycles. The molecule has 0 radical (unpaired) electrons. The summed E-state index contributed by atoms with van der Waals surface area (Å²) in [7, 11) is 0. The lowest BCUT2D eigenvalue weighted by Crippen LogP contribution is -2.37. The van der Waals surface area contributed by atoms with E-state index >= 15 is 0 Å². The van der Waals surface area contributed by atoms with Crippen molar-refractivity contribution in [3.63, 3.8) is 0 Å². The Balaban J connectivity index is 1.33. The van der Waals surface area contributed by atoms with Crippen LogP contribution in [0.15, 0.2) is 89.5 Å². The monoisotopic (exact) mass is 443 g/mol. The molecule has 168 valence electrons. The Morgan fingerprint density at radius 3 is 2.30 bits per heavy atom. The highest BCUT2D eigenvalue weighted by Gasteiger charge is 2.29. The summed E-state index contributed by atoms with van der Waals surface area (Å²) in [4.78, 5) is 15.8. The van der Waals surface area contributed by atoms with Gasteiger partial charge in [0, 0.05) is 12.0 Å². The van der Waals surface area contributed by atoms with Crippen molar-refractivity contribution in [1.29, 1.82) is 0 Å². The fraction of sp³-hybridized carbons (Fsp3) is 0.185. The van der Waals surface area contributed by atoms with Gasteiger partial charge in [-0.1, -0.05) is 42.5 Å². The number of hydrogen-bond acceptors (Lipinski definition) is 5. The number of aromatic nitrogens is 1. The van der Waals surface area contributed by atoms with Crippen LogP contribution in [-0.4, -0.2) is 28.3 Å². The number of nitrogens with zero attached hydrogens (tertiary/aromatic N) is 1. The minimum Gasteiger partial charge on any atom is -0.493 e. The minimum absolute atomic E-state index is 0.427. The normalized spacial score (nSPS) is 11.2. The number of carbonyl (C=O) groups is 1. The van der Waals surface area contributed by atoms with E-state index in [0.29, 0.717) is 30.4 Å². The Morgan fingerprint density at radius 2 is 1.58 bits per heavy atom. The minimum atomic E-state index is -1.30. The molecule has 1 aromatic heterocycles. The number of rotatable bonds is 9. The first-order valence-corrected chi connectivity index (χ1v) is 10.7. The van der Waals surface area contributed by atoms with Gasteiger partial charge in [-0.2, -0.15) is 0 Å². The van der Waals surface area contributed by atoms with Crippen LogP contribution in [0.5, 0.6) is 11.5 Å². The summed E-state index contributed by atoms with van der Waals surface area (Å²) < 4.78 is 17.0. The third-order valence-electron chi connectivity index (χ3n) is 5.11. The van der Waals surface area contributed by atoms with Crippen molar-refractivity contribution < 1.29 is 23.8 Å². The molecule has 0 saturated heterocycles. The standard InChI is InChI=1S/C27H25NO5/c1-27(2,26(29)30)33-24-13-11-23(12-14-24)31-16-15-22-18-32-25(28-22)21-10-6-9-20(17-21)19-7-4-3-5-8-19/h3-14,17-18H,15-16H2,1-2H3,(H,29,30). The molecule has 0 aliphatic heterocycles. The second-order valence-corrected chi connectivity index (χ2v) is 8.08. The van der Waals surface area contributed by atoms with E-state index in [1.54, 1.807) is 30.5 Å². The van der Waals surface area contributed by atoms with E-state index in [9.17, 15) is 4.79 Å². The highest BCUT2D eigenvalue weighted by Crippen LogP contribution is 2.26. The molecule has 4 rings (SSSR count). The van der Waals surface area contributed by atoms with Crippen LogP contribution in [0, 0.1) is 0 Å². The Labute approximate surface area is 192 Å². The van der Waals surface area contributed by atoms with E-state index in [0.717, 1.165) is 22.4 Å². The average Bonchev–Trinajstić information content (AvgIpc) is 3.30. The SMILES string of the molecule is CC(C)(Oc1ccc(OCCc2coc(-c3cccc(-c4ccccc4)c3)n2)cc1)C(=O)O. The topological polar surface area (TPSA) is 81.8 Å². The van der Waals surface area contributed by atoms with Gasteiger partial charge in [-0.05, 0) is 61.4 Å². The number of benzene rings is 3. The van der Waals surface area contributed by atoms with Crippen molar-refractivity contribution in [2.24, 2.45) is 0 Å². The first-order chi connectivity index (χ1) is 15.9. The third kappa shape index (κ3) is 5.60. The van der Waals surface area contributed by atoms with Crippen molar-refractivity contribution in [2.75, 3.05) is 6.61 Å². The van der Waals surface area contributed by atoms with Crippen LogP contribution in [0.1, 0.15) is 19.5 Å². The molecule has 0 unspecified atom stereocenters. The van der Waals surface area contributed by atoms with Crippen LogP contribution in [0.25, 0.3) is 22.6 Å². The van der Waals surface area contributed by atoms with E-state index in [1.165, 1.54) is 13.8 Å². The fourth-order valence-electron chi connectivity index (χ4n) is 3.23. The number of hydrogen-bond donors (Lipinski definition) is 1. The number of ether oxygens (including phenoxy) is 2. The molecular weight excluding hydrogens is 418 g/mol. The fourth-order valence-corrected chi connectivity index (χ4v) is 3.23. The van der Waals surface area contributed by atoms with Gasteiger partial charge in [0.1, 0.15) is 17.8 Å². The number of aliphatic carboxylic acids is 1. The van der Waals surface area contributed by atoms with Crippen molar-refractivity contribution in [3.05, 3.63) is 90.8 Å². The largest absolute Gasteiger partial charge is 0.493 e. The zero-order valence-electron chi connectivity index (χ0n) is 18.5. The lowest BCUT2D eigenvalue weighted by Gasteiger charge is -2.21. The van der Waals surface area contributed by atoms with Crippen molar-refractivity contribution >= 4 is 5.97 Å². The van der Waals surface area contributed by atoms with Gasteiger partial charge >= 0.3 is 5.97 Å². The molecule has 0 atom stereocenters. The Kier molecular flexibility index (Phi) is 6.45. The molecule has 0 fully saturated rings. The van der Waals surface area contributed by atoms with Crippen molar-refractivity contribution in [1.82, 2.24) is 4.98 Å². The van der Waals surface area contributed by atoms with Crippen LogP contribution < -0.4 is 9.47 Å². The number of carboxylic acid groups (broad SMARTS) is 1. The van der Waals surface area contributed by atoms with Gasteiger partial charge in [0.15, 0.2) is 5.60 Å². The molecule has 1 N–H and O–H groups in total. The second kappa shape index (κ2) is 9.61. The summed E-state index contributed by atoms with van der Waals surface area (Å²) in [5, 5.41) is 9.16.